The number of carbonyl (C=O) groups is 1. The lowest BCUT2D eigenvalue weighted by Crippen LogP contribution is -2.36. The standard InChI is InChI=1S/C13H20N2O2/c1-4-15-13(16)10(2)17-12-7-5-11(6-8-12)9-14-3/h5-8,10,14H,4,9H2,1-3H3,(H,15,16). The summed E-state index contributed by atoms with van der Waals surface area (Å²) in [5.74, 6) is 0.621. The minimum absolute atomic E-state index is 0.0909. The first kappa shape index (κ1) is 13.5. The van der Waals surface area contributed by atoms with Crippen molar-refractivity contribution in [2.45, 2.75) is 26.5 Å². The van der Waals surface area contributed by atoms with Crippen LogP contribution in [0, 0.1) is 0 Å². The van der Waals surface area contributed by atoms with Crippen molar-refractivity contribution in [3.05, 3.63) is 29.8 Å². The third kappa shape index (κ3) is 4.44. The number of hydrogen-bond donors (Lipinski definition) is 2. The first-order valence-corrected chi connectivity index (χ1v) is 5.85. The zero-order valence-electron chi connectivity index (χ0n) is 10.6. The molecule has 0 saturated carbocycles. The van der Waals surface area contributed by atoms with Gasteiger partial charge >= 0.3 is 0 Å². The molecular weight excluding hydrogens is 216 g/mol. The highest BCUT2D eigenvalue weighted by Crippen LogP contribution is 2.13. The predicted octanol–water partition coefficient (Wildman–Crippen LogP) is 1.31. The summed E-state index contributed by atoms with van der Waals surface area (Å²) >= 11 is 0. The van der Waals surface area contributed by atoms with Gasteiger partial charge in [-0.3, -0.25) is 4.79 Å². The number of benzene rings is 1. The lowest BCUT2D eigenvalue weighted by atomic mass is 10.2. The van der Waals surface area contributed by atoms with E-state index >= 15 is 0 Å². The average molecular weight is 236 g/mol. The van der Waals surface area contributed by atoms with Crippen molar-refractivity contribution in [1.29, 1.82) is 0 Å². The van der Waals surface area contributed by atoms with Crippen molar-refractivity contribution in [3.63, 3.8) is 0 Å². The maximum absolute atomic E-state index is 11.5. The van der Waals surface area contributed by atoms with Crippen molar-refractivity contribution in [2.24, 2.45) is 0 Å². The Kier molecular flexibility index (Phi) is 5.49. The van der Waals surface area contributed by atoms with E-state index in [0.717, 1.165) is 6.54 Å². The van der Waals surface area contributed by atoms with E-state index in [1.807, 2.05) is 38.2 Å². The van der Waals surface area contributed by atoms with Crippen LogP contribution in [-0.4, -0.2) is 25.6 Å². The number of rotatable bonds is 6. The third-order valence-electron chi connectivity index (χ3n) is 2.34. The van der Waals surface area contributed by atoms with Crippen LogP contribution in [0.3, 0.4) is 0 Å². The molecule has 4 heteroatoms. The lowest BCUT2D eigenvalue weighted by Gasteiger charge is -2.14. The van der Waals surface area contributed by atoms with E-state index in [0.29, 0.717) is 12.3 Å². The highest BCUT2D eigenvalue weighted by atomic mass is 16.5. The van der Waals surface area contributed by atoms with Crippen molar-refractivity contribution in [3.8, 4) is 5.75 Å². The molecule has 4 nitrogen and oxygen atoms in total. The number of hydrogen-bond acceptors (Lipinski definition) is 3. The number of nitrogens with one attached hydrogen (secondary N) is 2. The Labute approximate surface area is 102 Å². The molecule has 0 radical (unpaired) electrons. The molecule has 94 valence electrons. The summed E-state index contributed by atoms with van der Waals surface area (Å²) in [6.07, 6.45) is -0.467. The predicted molar refractivity (Wildman–Crippen MR) is 68.0 cm³/mol. The third-order valence-corrected chi connectivity index (χ3v) is 2.34. The second kappa shape index (κ2) is 6.91. The van der Waals surface area contributed by atoms with Gasteiger partial charge in [-0.25, -0.2) is 0 Å². The SMILES string of the molecule is CCNC(=O)C(C)Oc1ccc(CNC)cc1. The van der Waals surface area contributed by atoms with Crippen LogP contribution in [0.5, 0.6) is 5.75 Å². The minimum atomic E-state index is -0.467. The summed E-state index contributed by atoms with van der Waals surface area (Å²) in [5.41, 5.74) is 1.19. The number of carbonyl (C=O) groups excluding carboxylic acids is 1. The van der Waals surface area contributed by atoms with Crippen molar-refractivity contribution >= 4 is 5.91 Å². The zero-order chi connectivity index (χ0) is 12.7. The Morgan fingerprint density at radius 1 is 1.35 bits per heavy atom. The van der Waals surface area contributed by atoms with Crippen molar-refractivity contribution < 1.29 is 9.53 Å². The van der Waals surface area contributed by atoms with E-state index in [2.05, 4.69) is 10.6 Å². The van der Waals surface area contributed by atoms with Gasteiger partial charge in [0.25, 0.3) is 5.91 Å². The maximum atomic E-state index is 11.5. The number of likely N-dealkylation sites (N-methyl/N-ethyl adjacent to an activating group) is 1. The first-order valence-electron chi connectivity index (χ1n) is 5.85. The van der Waals surface area contributed by atoms with Gasteiger partial charge in [0.15, 0.2) is 6.10 Å². The molecule has 17 heavy (non-hydrogen) atoms. The molecule has 1 amide bonds. The molecule has 0 aliphatic heterocycles. The van der Waals surface area contributed by atoms with Crippen LogP contribution in [0.1, 0.15) is 19.4 Å². The van der Waals surface area contributed by atoms with E-state index in [1.165, 1.54) is 5.56 Å². The summed E-state index contributed by atoms with van der Waals surface area (Å²) in [6.45, 7) is 5.07. The van der Waals surface area contributed by atoms with E-state index < -0.39 is 6.10 Å². The van der Waals surface area contributed by atoms with E-state index in [1.54, 1.807) is 6.92 Å². The summed E-state index contributed by atoms with van der Waals surface area (Å²) in [5, 5.41) is 5.80. The van der Waals surface area contributed by atoms with E-state index in [4.69, 9.17) is 4.74 Å². The molecule has 1 aromatic rings. The average Bonchev–Trinajstić information content (AvgIpc) is 2.32. The number of ether oxygens (including phenoxy) is 1. The molecule has 0 fully saturated rings. The second-order valence-corrected chi connectivity index (χ2v) is 3.83. The fraction of sp³-hybridized carbons (Fsp3) is 0.462. The first-order chi connectivity index (χ1) is 8.17. The normalized spacial score (nSPS) is 11.9. The Morgan fingerprint density at radius 3 is 2.53 bits per heavy atom. The summed E-state index contributed by atoms with van der Waals surface area (Å²) in [6, 6.07) is 7.72. The van der Waals surface area contributed by atoms with Gasteiger partial charge in [-0.15, -0.1) is 0 Å². The minimum Gasteiger partial charge on any atom is -0.481 e. The topological polar surface area (TPSA) is 50.4 Å². The molecule has 1 rings (SSSR count). The van der Waals surface area contributed by atoms with Gasteiger partial charge in [-0.2, -0.15) is 0 Å². The van der Waals surface area contributed by atoms with Gasteiger partial charge in [0, 0.05) is 13.1 Å². The maximum Gasteiger partial charge on any atom is 0.260 e. The van der Waals surface area contributed by atoms with Gasteiger partial charge in [-0.1, -0.05) is 12.1 Å². The Bertz CT molecular complexity index is 349. The molecule has 0 aliphatic carbocycles. The second-order valence-electron chi connectivity index (χ2n) is 3.83. The van der Waals surface area contributed by atoms with Crippen LogP contribution in [-0.2, 0) is 11.3 Å². The van der Waals surface area contributed by atoms with Crippen molar-refractivity contribution in [2.75, 3.05) is 13.6 Å². The molecule has 0 aromatic heterocycles. The van der Waals surface area contributed by atoms with E-state index in [9.17, 15) is 4.79 Å². The quantitative estimate of drug-likeness (QED) is 0.783. The zero-order valence-corrected chi connectivity index (χ0v) is 10.6. The molecule has 0 saturated heterocycles. The molecule has 2 N–H and O–H groups in total. The van der Waals surface area contributed by atoms with Gasteiger partial charge in [-0.05, 0) is 38.6 Å². The van der Waals surface area contributed by atoms with Gasteiger partial charge in [0.05, 0.1) is 0 Å². The van der Waals surface area contributed by atoms with Crippen LogP contribution in [0.25, 0.3) is 0 Å². The van der Waals surface area contributed by atoms with Crippen molar-refractivity contribution in [1.82, 2.24) is 10.6 Å². The summed E-state index contributed by atoms with van der Waals surface area (Å²) < 4.78 is 5.53. The van der Waals surface area contributed by atoms with Gasteiger partial charge in [0.2, 0.25) is 0 Å². The molecule has 0 heterocycles. The Balaban J connectivity index is 2.53. The smallest absolute Gasteiger partial charge is 0.260 e. The highest BCUT2D eigenvalue weighted by Gasteiger charge is 2.12. The van der Waals surface area contributed by atoms with Gasteiger partial charge in [0.1, 0.15) is 5.75 Å². The molecule has 1 aromatic carbocycles. The highest BCUT2D eigenvalue weighted by molar-refractivity contribution is 5.80. The van der Waals surface area contributed by atoms with Gasteiger partial charge < -0.3 is 15.4 Å². The lowest BCUT2D eigenvalue weighted by molar-refractivity contribution is -0.127. The number of amides is 1. The largest absolute Gasteiger partial charge is 0.481 e. The van der Waals surface area contributed by atoms with Crippen LogP contribution < -0.4 is 15.4 Å². The van der Waals surface area contributed by atoms with Crippen LogP contribution in [0.2, 0.25) is 0 Å². The van der Waals surface area contributed by atoms with Crippen LogP contribution >= 0.6 is 0 Å². The molecule has 0 aliphatic rings. The Hall–Kier alpha value is -1.55. The molecule has 1 unspecified atom stereocenters. The molecular formula is C13H20N2O2. The molecule has 0 bridgehead atoms. The summed E-state index contributed by atoms with van der Waals surface area (Å²) in [7, 11) is 1.90. The fourth-order valence-corrected chi connectivity index (χ4v) is 1.47. The fourth-order valence-electron chi connectivity index (χ4n) is 1.47. The molecule has 0 spiro atoms. The monoisotopic (exact) mass is 236 g/mol. The summed E-state index contributed by atoms with van der Waals surface area (Å²) in [4.78, 5) is 11.5. The van der Waals surface area contributed by atoms with Crippen LogP contribution in [0.4, 0.5) is 0 Å². The molecule has 1 atom stereocenters. The Morgan fingerprint density at radius 2 is 2.00 bits per heavy atom. The van der Waals surface area contributed by atoms with Crippen LogP contribution in [0.15, 0.2) is 24.3 Å². The van der Waals surface area contributed by atoms with E-state index in [-0.39, 0.29) is 5.91 Å².